The fourth-order valence-electron chi connectivity index (χ4n) is 4.39. The summed E-state index contributed by atoms with van der Waals surface area (Å²) in [6.07, 6.45) is 9.32. The lowest BCUT2D eigenvalue weighted by atomic mass is 9.89. The topological polar surface area (TPSA) is 71.0 Å². The molecule has 1 saturated heterocycles. The third kappa shape index (κ3) is 3.71. The minimum atomic E-state index is 0.0781. The van der Waals surface area contributed by atoms with Gasteiger partial charge in [0, 0.05) is 23.1 Å². The van der Waals surface area contributed by atoms with E-state index in [1.807, 2.05) is 18.3 Å². The van der Waals surface area contributed by atoms with E-state index in [-0.39, 0.29) is 11.8 Å². The summed E-state index contributed by atoms with van der Waals surface area (Å²) in [5.74, 6) is 0.830. The van der Waals surface area contributed by atoms with Gasteiger partial charge in [0.15, 0.2) is 0 Å². The molecular formula is C24H25N5O. The van der Waals surface area contributed by atoms with E-state index in [0.29, 0.717) is 5.82 Å². The third-order valence-electron chi connectivity index (χ3n) is 6.15. The molecule has 1 fully saturated rings. The SMILES string of the molecule is CN1CCC(C(=O)Nc2ccc3c(n2)CCC=C3c2ccc3ncncc3c2)CC1. The number of hydrogen-bond acceptors (Lipinski definition) is 5. The number of anilines is 1. The van der Waals surface area contributed by atoms with E-state index in [2.05, 4.69) is 51.5 Å². The number of benzene rings is 1. The number of aryl methyl sites for hydroxylation is 1. The largest absolute Gasteiger partial charge is 0.310 e. The summed E-state index contributed by atoms with van der Waals surface area (Å²) < 4.78 is 0. The van der Waals surface area contributed by atoms with Crippen molar-refractivity contribution in [3.8, 4) is 0 Å². The molecule has 5 rings (SSSR count). The molecule has 6 nitrogen and oxygen atoms in total. The number of pyridine rings is 1. The van der Waals surface area contributed by atoms with E-state index in [0.717, 1.165) is 66.5 Å². The Labute approximate surface area is 176 Å². The van der Waals surface area contributed by atoms with Crippen molar-refractivity contribution < 1.29 is 4.79 Å². The summed E-state index contributed by atoms with van der Waals surface area (Å²) in [5.41, 5.74) is 5.44. The molecule has 0 spiro atoms. The highest BCUT2D eigenvalue weighted by Crippen LogP contribution is 2.33. The maximum atomic E-state index is 12.7. The lowest BCUT2D eigenvalue weighted by Gasteiger charge is -2.28. The van der Waals surface area contributed by atoms with Crippen molar-refractivity contribution >= 4 is 28.2 Å². The first kappa shape index (κ1) is 18.9. The van der Waals surface area contributed by atoms with Crippen LogP contribution in [0.5, 0.6) is 0 Å². The Hall–Kier alpha value is -3.12. The summed E-state index contributed by atoms with van der Waals surface area (Å²) in [7, 11) is 2.10. The summed E-state index contributed by atoms with van der Waals surface area (Å²) in [4.78, 5) is 28.2. The van der Waals surface area contributed by atoms with Crippen LogP contribution in [0.4, 0.5) is 5.82 Å². The third-order valence-corrected chi connectivity index (χ3v) is 6.15. The smallest absolute Gasteiger partial charge is 0.228 e. The van der Waals surface area contributed by atoms with Crippen molar-refractivity contribution in [3.05, 3.63) is 65.8 Å². The molecule has 30 heavy (non-hydrogen) atoms. The Morgan fingerprint density at radius 1 is 1.17 bits per heavy atom. The minimum Gasteiger partial charge on any atom is -0.310 e. The molecule has 2 aromatic heterocycles. The second-order valence-electron chi connectivity index (χ2n) is 8.21. The Bertz CT molecular complexity index is 1130. The van der Waals surface area contributed by atoms with Crippen molar-refractivity contribution in [3.63, 3.8) is 0 Å². The lowest BCUT2D eigenvalue weighted by molar-refractivity contribution is -0.121. The molecule has 0 radical (unpaired) electrons. The quantitative estimate of drug-likeness (QED) is 0.727. The van der Waals surface area contributed by atoms with Crippen LogP contribution in [0.3, 0.4) is 0 Å². The number of fused-ring (bicyclic) bond motifs is 2. The second-order valence-corrected chi connectivity index (χ2v) is 8.21. The zero-order valence-corrected chi connectivity index (χ0v) is 17.1. The van der Waals surface area contributed by atoms with Crippen LogP contribution in [-0.2, 0) is 11.2 Å². The van der Waals surface area contributed by atoms with E-state index < -0.39 is 0 Å². The van der Waals surface area contributed by atoms with Gasteiger partial charge in [-0.05, 0) is 81.2 Å². The van der Waals surface area contributed by atoms with Crippen molar-refractivity contribution in [2.75, 3.05) is 25.5 Å². The predicted octanol–water partition coefficient (Wildman–Crippen LogP) is 3.68. The number of rotatable bonds is 3. The highest BCUT2D eigenvalue weighted by molar-refractivity contribution is 5.92. The normalized spacial score (nSPS) is 17.4. The number of carbonyl (C=O) groups is 1. The van der Waals surface area contributed by atoms with Crippen LogP contribution in [-0.4, -0.2) is 45.9 Å². The number of likely N-dealkylation sites (tertiary alicyclic amines) is 1. The molecule has 1 aliphatic heterocycles. The van der Waals surface area contributed by atoms with Crippen LogP contribution in [0.15, 0.2) is 48.9 Å². The summed E-state index contributed by atoms with van der Waals surface area (Å²) in [6, 6.07) is 10.3. The van der Waals surface area contributed by atoms with Gasteiger partial charge in [0.2, 0.25) is 5.91 Å². The summed E-state index contributed by atoms with van der Waals surface area (Å²) >= 11 is 0. The number of allylic oxidation sites excluding steroid dienone is 1. The molecule has 0 saturated carbocycles. The van der Waals surface area contributed by atoms with Crippen LogP contribution in [0.25, 0.3) is 16.5 Å². The number of amides is 1. The molecule has 1 aromatic carbocycles. The van der Waals surface area contributed by atoms with Crippen molar-refractivity contribution in [2.45, 2.75) is 25.7 Å². The van der Waals surface area contributed by atoms with Crippen LogP contribution < -0.4 is 5.32 Å². The van der Waals surface area contributed by atoms with Gasteiger partial charge in [-0.1, -0.05) is 12.1 Å². The monoisotopic (exact) mass is 399 g/mol. The first-order chi connectivity index (χ1) is 14.7. The molecule has 1 N–H and O–H groups in total. The Morgan fingerprint density at radius 3 is 2.90 bits per heavy atom. The predicted molar refractivity (Wildman–Crippen MR) is 118 cm³/mol. The maximum Gasteiger partial charge on any atom is 0.228 e. The Balaban J connectivity index is 1.38. The maximum absolute atomic E-state index is 12.7. The zero-order valence-electron chi connectivity index (χ0n) is 17.1. The van der Waals surface area contributed by atoms with Gasteiger partial charge in [0.1, 0.15) is 12.1 Å². The van der Waals surface area contributed by atoms with Gasteiger partial charge in [0.25, 0.3) is 0 Å². The molecule has 3 aromatic rings. The van der Waals surface area contributed by atoms with E-state index >= 15 is 0 Å². The number of piperidine rings is 1. The molecular weight excluding hydrogens is 374 g/mol. The molecule has 0 bridgehead atoms. The van der Waals surface area contributed by atoms with E-state index in [4.69, 9.17) is 4.98 Å². The van der Waals surface area contributed by atoms with Crippen LogP contribution in [0.1, 0.15) is 36.1 Å². The number of nitrogens with zero attached hydrogens (tertiary/aromatic N) is 4. The Morgan fingerprint density at radius 2 is 2.03 bits per heavy atom. The molecule has 0 atom stereocenters. The molecule has 2 aliphatic rings. The first-order valence-electron chi connectivity index (χ1n) is 10.6. The summed E-state index contributed by atoms with van der Waals surface area (Å²) in [5, 5.41) is 4.08. The van der Waals surface area contributed by atoms with Gasteiger partial charge in [-0.3, -0.25) is 4.79 Å². The van der Waals surface area contributed by atoms with E-state index in [1.165, 1.54) is 5.57 Å². The number of carbonyl (C=O) groups excluding carboxylic acids is 1. The van der Waals surface area contributed by atoms with Gasteiger partial charge in [-0.2, -0.15) is 0 Å². The van der Waals surface area contributed by atoms with Gasteiger partial charge >= 0.3 is 0 Å². The van der Waals surface area contributed by atoms with Gasteiger partial charge in [-0.15, -0.1) is 0 Å². The lowest BCUT2D eigenvalue weighted by Crippen LogP contribution is -2.36. The fraction of sp³-hybridized carbons (Fsp3) is 0.333. The van der Waals surface area contributed by atoms with Crippen molar-refractivity contribution in [2.24, 2.45) is 5.92 Å². The minimum absolute atomic E-state index is 0.0781. The Kier molecular flexibility index (Phi) is 5.01. The number of nitrogens with one attached hydrogen (secondary N) is 1. The van der Waals surface area contributed by atoms with Gasteiger partial charge < -0.3 is 10.2 Å². The molecule has 1 amide bonds. The molecule has 152 valence electrons. The van der Waals surface area contributed by atoms with E-state index in [1.54, 1.807) is 6.33 Å². The highest BCUT2D eigenvalue weighted by Gasteiger charge is 2.24. The van der Waals surface area contributed by atoms with Crippen LogP contribution in [0, 0.1) is 5.92 Å². The van der Waals surface area contributed by atoms with Crippen LogP contribution in [0.2, 0.25) is 0 Å². The standard InChI is InChI=1S/C24H25N5O/c1-29-11-9-16(10-12-29)24(30)28-23-8-6-20-19(3-2-4-22(20)27-23)17-5-7-21-18(13-17)14-25-15-26-21/h3,5-8,13-16H,2,4,9-12H2,1H3,(H,27,28,30). The summed E-state index contributed by atoms with van der Waals surface area (Å²) in [6.45, 7) is 1.95. The first-order valence-corrected chi connectivity index (χ1v) is 10.6. The average Bonchev–Trinajstić information content (AvgIpc) is 2.78. The highest BCUT2D eigenvalue weighted by atomic mass is 16.1. The molecule has 3 heterocycles. The van der Waals surface area contributed by atoms with Crippen molar-refractivity contribution in [1.29, 1.82) is 0 Å². The van der Waals surface area contributed by atoms with E-state index in [9.17, 15) is 4.79 Å². The fourth-order valence-corrected chi connectivity index (χ4v) is 4.39. The number of hydrogen-bond donors (Lipinski definition) is 1. The second kappa shape index (κ2) is 7.95. The zero-order chi connectivity index (χ0) is 20.5. The van der Waals surface area contributed by atoms with Crippen LogP contribution >= 0.6 is 0 Å². The van der Waals surface area contributed by atoms with Gasteiger partial charge in [0.05, 0.1) is 11.2 Å². The van der Waals surface area contributed by atoms with Crippen molar-refractivity contribution in [1.82, 2.24) is 19.9 Å². The molecule has 6 heteroatoms. The van der Waals surface area contributed by atoms with Gasteiger partial charge in [-0.25, -0.2) is 15.0 Å². The molecule has 1 aliphatic carbocycles. The molecule has 0 unspecified atom stereocenters. The average molecular weight is 399 g/mol. The number of aromatic nitrogens is 3.